The van der Waals surface area contributed by atoms with Crippen molar-refractivity contribution >= 4 is 5.97 Å². The van der Waals surface area contributed by atoms with Crippen LogP contribution in [-0.4, -0.2) is 26.4 Å². The lowest BCUT2D eigenvalue weighted by atomic mass is 9.48. The fourth-order valence-electron chi connectivity index (χ4n) is 6.97. The Morgan fingerprint density at radius 1 is 0.903 bits per heavy atom. The highest BCUT2D eigenvalue weighted by atomic mass is 16.4. The normalized spacial score (nSPS) is 28.7. The standard InChI is InChI=1S/C26H26N2O3/c29-24-6-5-20(10-21(24)26-12-15-7-16(13-26)9-17(8-15)14-26)23-11-22(27-28-23)18-1-3-19(4-2-18)25(30)31/h1-6,10-11,15-17,29H,7-9,12-14H2,(H,27,28)(H,30,31). The van der Waals surface area contributed by atoms with Crippen LogP contribution in [0.15, 0.2) is 48.5 Å². The maximum Gasteiger partial charge on any atom is 0.335 e. The molecule has 0 aliphatic heterocycles. The molecular formula is C26H26N2O3. The summed E-state index contributed by atoms with van der Waals surface area (Å²) in [4.78, 5) is 11.1. The van der Waals surface area contributed by atoms with Gasteiger partial charge in [0.25, 0.3) is 0 Å². The molecule has 0 atom stereocenters. The van der Waals surface area contributed by atoms with E-state index < -0.39 is 5.97 Å². The van der Waals surface area contributed by atoms with Crippen molar-refractivity contribution < 1.29 is 15.0 Å². The molecule has 0 unspecified atom stereocenters. The third-order valence-corrected chi connectivity index (χ3v) is 7.92. The number of aromatic amines is 1. The number of aromatic carboxylic acids is 1. The Hall–Kier alpha value is -3.08. The summed E-state index contributed by atoms with van der Waals surface area (Å²) in [6.07, 6.45) is 7.75. The fraction of sp³-hybridized carbons (Fsp3) is 0.385. The van der Waals surface area contributed by atoms with Crippen molar-refractivity contribution in [3.63, 3.8) is 0 Å². The minimum Gasteiger partial charge on any atom is -0.508 e. The van der Waals surface area contributed by atoms with Gasteiger partial charge in [-0.25, -0.2) is 4.79 Å². The first-order valence-corrected chi connectivity index (χ1v) is 11.2. The van der Waals surface area contributed by atoms with Crippen LogP contribution in [0.4, 0.5) is 0 Å². The Balaban J connectivity index is 1.34. The van der Waals surface area contributed by atoms with E-state index in [9.17, 15) is 9.90 Å². The molecule has 4 fully saturated rings. The largest absolute Gasteiger partial charge is 0.508 e. The molecule has 0 amide bonds. The summed E-state index contributed by atoms with van der Waals surface area (Å²) in [6.45, 7) is 0. The van der Waals surface area contributed by atoms with Crippen LogP contribution in [0.2, 0.25) is 0 Å². The van der Waals surface area contributed by atoms with Gasteiger partial charge in [-0.1, -0.05) is 12.1 Å². The molecule has 5 nitrogen and oxygen atoms in total. The van der Waals surface area contributed by atoms with Gasteiger partial charge in [0.05, 0.1) is 17.0 Å². The Morgan fingerprint density at radius 3 is 2.13 bits per heavy atom. The van der Waals surface area contributed by atoms with E-state index in [-0.39, 0.29) is 11.0 Å². The maximum atomic E-state index is 11.1. The van der Waals surface area contributed by atoms with Gasteiger partial charge in [-0.15, -0.1) is 0 Å². The molecule has 0 spiro atoms. The van der Waals surface area contributed by atoms with Gasteiger partial charge in [0, 0.05) is 11.1 Å². The first kappa shape index (κ1) is 18.7. The lowest BCUT2D eigenvalue weighted by Gasteiger charge is -2.57. The van der Waals surface area contributed by atoms with Gasteiger partial charge in [0.1, 0.15) is 5.75 Å². The number of carboxylic acid groups (broad SMARTS) is 1. The zero-order valence-corrected chi connectivity index (χ0v) is 17.3. The highest BCUT2D eigenvalue weighted by molar-refractivity contribution is 5.88. The topological polar surface area (TPSA) is 86.2 Å². The van der Waals surface area contributed by atoms with Crippen molar-refractivity contribution in [3.8, 4) is 28.3 Å². The molecule has 158 valence electrons. The number of carboxylic acids is 1. The highest BCUT2D eigenvalue weighted by Gasteiger charge is 2.52. The van der Waals surface area contributed by atoms with Crippen LogP contribution in [0.3, 0.4) is 0 Å². The van der Waals surface area contributed by atoms with Crippen LogP contribution in [0.25, 0.3) is 22.5 Å². The molecule has 0 saturated heterocycles. The van der Waals surface area contributed by atoms with Gasteiger partial charge in [0.15, 0.2) is 0 Å². The second-order valence-electron chi connectivity index (χ2n) is 9.98. The van der Waals surface area contributed by atoms with Crippen LogP contribution in [0.1, 0.15) is 54.4 Å². The molecule has 4 saturated carbocycles. The predicted molar refractivity (Wildman–Crippen MR) is 118 cm³/mol. The molecule has 4 bridgehead atoms. The summed E-state index contributed by atoms with van der Waals surface area (Å²) < 4.78 is 0. The van der Waals surface area contributed by atoms with E-state index in [0.29, 0.717) is 5.75 Å². The first-order chi connectivity index (χ1) is 15.0. The van der Waals surface area contributed by atoms with E-state index in [1.165, 1.54) is 38.5 Å². The number of nitrogens with zero attached hydrogens (tertiary/aromatic N) is 1. The van der Waals surface area contributed by atoms with E-state index >= 15 is 0 Å². The van der Waals surface area contributed by atoms with Crippen molar-refractivity contribution in [3.05, 3.63) is 59.7 Å². The van der Waals surface area contributed by atoms with Crippen LogP contribution >= 0.6 is 0 Å². The zero-order valence-electron chi connectivity index (χ0n) is 17.3. The average Bonchev–Trinajstić information content (AvgIpc) is 3.23. The van der Waals surface area contributed by atoms with Crippen molar-refractivity contribution in [2.75, 3.05) is 0 Å². The summed E-state index contributed by atoms with van der Waals surface area (Å²) in [6, 6.07) is 14.7. The third kappa shape index (κ3) is 3.06. The molecule has 5 heteroatoms. The zero-order chi connectivity index (χ0) is 21.2. The second kappa shape index (κ2) is 6.71. The number of aromatic nitrogens is 2. The molecule has 0 radical (unpaired) electrons. The molecule has 1 heterocycles. The molecular weight excluding hydrogens is 388 g/mol. The smallest absolute Gasteiger partial charge is 0.335 e. The molecule has 1 aromatic heterocycles. The lowest BCUT2D eigenvalue weighted by Crippen LogP contribution is -2.48. The van der Waals surface area contributed by atoms with E-state index in [1.807, 2.05) is 18.2 Å². The van der Waals surface area contributed by atoms with Gasteiger partial charge in [-0.2, -0.15) is 5.10 Å². The minimum atomic E-state index is -0.932. The quantitative estimate of drug-likeness (QED) is 0.517. The highest BCUT2D eigenvalue weighted by Crippen LogP contribution is 2.62. The Bertz CT molecular complexity index is 1130. The summed E-state index contributed by atoms with van der Waals surface area (Å²) in [5, 5.41) is 27.5. The van der Waals surface area contributed by atoms with Crippen LogP contribution in [-0.2, 0) is 5.41 Å². The van der Waals surface area contributed by atoms with Crippen LogP contribution in [0, 0.1) is 17.8 Å². The second-order valence-corrected chi connectivity index (χ2v) is 9.98. The summed E-state index contributed by atoms with van der Waals surface area (Å²) in [5.41, 5.74) is 5.08. The molecule has 3 N–H and O–H groups in total. The van der Waals surface area contributed by atoms with E-state index in [4.69, 9.17) is 5.11 Å². The number of nitrogens with one attached hydrogen (secondary N) is 1. The number of H-pyrrole nitrogens is 1. The molecule has 4 aliphatic carbocycles. The van der Waals surface area contributed by atoms with Gasteiger partial charge < -0.3 is 10.2 Å². The van der Waals surface area contributed by atoms with Crippen molar-refractivity contribution in [2.24, 2.45) is 17.8 Å². The van der Waals surface area contributed by atoms with Crippen molar-refractivity contribution in [2.45, 2.75) is 43.9 Å². The first-order valence-electron chi connectivity index (χ1n) is 11.2. The van der Waals surface area contributed by atoms with Gasteiger partial charge in [-0.3, -0.25) is 5.10 Å². The summed E-state index contributed by atoms with van der Waals surface area (Å²) in [7, 11) is 0. The Labute approximate surface area is 181 Å². The van der Waals surface area contributed by atoms with Gasteiger partial charge >= 0.3 is 5.97 Å². The van der Waals surface area contributed by atoms with Crippen LogP contribution < -0.4 is 0 Å². The van der Waals surface area contributed by atoms with Crippen LogP contribution in [0.5, 0.6) is 5.75 Å². The molecule has 3 aromatic rings. The fourth-order valence-corrected chi connectivity index (χ4v) is 6.97. The van der Waals surface area contributed by atoms with Gasteiger partial charge in [-0.05, 0) is 104 Å². The number of aromatic hydroxyl groups is 1. The Morgan fingerprint density at radius 2 is 1.52 bits per heavy atom. The number of phenols is 1. The SMILES string of the molecule is O=C(O)c1ccc(-c2cc(-c3ccc(O)c(C45CC6CC(CC(C6)C4)C5)c3)n[nH]2)cc1. The van der Waals surface area contributed by atoms with E-state index in [1.54, 1.807) is 24.3 Å². The summed E-state index contributed by atoms with van der Waals surface area (Å²) >= 11 is 0. The van der Waals surface area contributed by atoms with E-state index in [0.717, 1.165) is 45.8 Å². The monoisotopic (exact) mass is 414 g/mol. The number of hydrogen-bond acceptors (Lipinski definition) is 3. The lowest BCUT2D eigenvalue weighted by molar-refractivity contribution is -0.00611. The van der Waals surface area contributed by atoms with Crippen molar-refractivity contribution in [1.29, 1.82) is 0 Å². The minimum absolute atomic E-state index is 0.126. The van der Waals surface area contributed by atoms with Crippen molar-refractivity contribution in [1.82, 2.24) is 10.2 Å². The molecule has 4 aliphatic rings. The number of rotatable bonds is 4. The third-order valence-electron chi connectivity index (χ3n) is 7.92. The number of phenolic OH excluding ortho intramolecular Hbond substituents is 1. The molecule has 31 heavy (non-hydrogen) atoms. The Kier molecular flexibility index (Phi) is 4.04. The van der Waals surface area contributed by atoms with E-state index in [2.05, 4.69) is 16.3 Å². The number of carbonyl (C=O) groups is 1. The summed E-state index contributed by atoms with van der Waals surface area (Å²) in [5.74, 6) is 1.95. The molecule has 2 aromatic carbocycles. The molecule has 7 rings (SSSR count). The predicted octanol–water partition coefficient (Wildman–Crippen LogP) is 5.62. The average molecular weight is 415 g/mol. The number of benzene rings is 2. The number of hydrogen-bond donors (Lipinski definition) is 3. The van der Waals surface area contributed by atoms with Gasteiger partial charge in [0.2, 0.25) is 0 Å². The maximum absolute atomic E-state index is 11.1.